The fraction of sp³-hybridized carbons (Fsp3) is 0.310. The van der Waals surface area contributed by atoms with Crippen LogP contribution in [0.25, 0.3) is 21.7 Å². The van der Waals surface area contributed by atoms with Crippen molar-refractivity contribution in [2.75, 3.05) is 7.11 Å². The molecule has 5 rings (SSSR count). The van der Waals surface area contributed by atoms with Crippen LogP contribution in [0.15, 0.2) is 60.7 Å². The average Bonchev–Trinajstić information content (AvgIpc) is 3.18. The highest BCUT2D eigenvalue weighted by molar-refractivity contribution is 6.05. The second kappa shape index (κ2) is 10.1. The maximum atomic E-state index is 13.9. The first-order chi connectivity index (χ1) is 17.5. The number of amidine groups is 1. The Morgan fingerprint density at radius 3 is 2.56 bits per heavy atom. The van der Waals surface area contributed by atoms with E-state index >= 15 is 0 Å². The van der Waals surface area contributed by atoms with Gasteiger partial charge in [0, 0.05) is 42.3 Å². The Labute approximate surface area is 210 Å². The van der Waals surface area contributed by atoms with Gasteiger partial charge in [-0.2, -0.15) is 0 Å². The molecule has 4 aromatic rings. The minimum atomic E-state index is -0.108. The molecule has 0 aliphatic heterocycles. The number of rotatable bonds is 7. The van der Waals surface area contributed by atoms with Crippen LogP contribution in [0.1, 0.15) is 52.9 Å². The molecule has 186 valence electrons. The van der Waals surface area contributed by atoms with Crippen molar-refractivity contribution in [1.29, 1.82) is 5.41 Å². The molecule has 1 saturated carbocycles. The monoisotopic (exact) mass is 483 g/mol. The summed E-state index contributed by atoms with van der Waals surface area (Å²) in [5.41, 5.74) is 16.0. The number of amides is 1. The van der Waals surface area contributed by atoms with Gasteiger partial charge in [-0.3, -0.25) is 10.2 Å². The maximum Gasteiger partial charge on any atom is 0.268 e. The average molecular weight is 484 g/mol. The molecule has 1 heterocycles. The van der Waals surface area contributed by atoms with Crippen LogP contribution < -0.4 is 16.8 Å². The van der Waals surface area contributed by atoms with E-state index in [-0.39, 0.29) is 23.8 Å². The second-order valence-corrected chi connectivity index (χ2v) is 9.72. The number of aromatic nitrogens is 1. The minimum absolute atomic E-state index is 0.00681. The van der Waals surface area contributed by atoms with Crippen LogP contribution in [0.5, 0.6) is 0 Å². The first kappa shape index (κ1) is 24.0. The lowest BCUT2D eigenvalue weighted by Gasteiger charge is -2.27. The standard InChI is InChI=1S/C29H33N5O2/c1-36-17-25-24-14-9-19(28(31)32)15-26(24)34(16-20-7-4-6-18-5-2-3-8-23(18)20)27(25)29(35)33-22-12-10-21(30)11-13-22/h2-9,14-15,21-22H,10-13,16-17,30H2,1H3,(H3,31,32)(H,33,35)/t21-,22-. The van der Waals surface area contributed by atoms with Gasteiger partial charge in [0.1, 0.15) is 11.5 Å². The molecule has 1 aliphatic rings. The number of nitrogens with two attached hydrogens (primary N) is 2. The SMILES string of the molecule is COCc1c(C(=O)N[C@H]2CC[C@H](N)CC2)n(Cc2cccc3ccccc23)c2cc(C(=N)N)ccc12. The summed E-state index contributed by atoms with van der Waals surface area (Å²) in [5.74, 6) is -0.115. The summed E-state index contributed by atoms with van der Waals surface area (Å²) in [5, 5.41) is 14.5. The molecule has 3 aromatic carbocycles. The fourth-order valence-corrected chi connectivity index (χ4v) is 5.42. The molecule has 7 nitrogen and oxygen atoms in total. The molecule has 1 aromatic heterocycles. The number of nitrogens with one attached hydrogen (secondary N) is 2. The van der Waals surface area contributed by atoms with Crippen molar-refractivity contribution >= 4 is 33.4 Å². The Morgan fingerprint density at radius 2 is 1.81 bits per heavy atom. The molecule has 0 radical (unpaired) electrons. The summed E-state index contributed by atoms with van der Waals surface area (Å²) < 4.78 is 7.62. The van der Waals surface area contributed by atoms with Crippen LogP contribution in [0.4, 0.5) is 0 Å². The highest BCUT2D eigenvalue weighted by Gasteiger charge is 2.27. The smallest absolute Gasteiger partial charge is 0.268 e. The van der Waals surface area contributed by atoms with E-state index in [1.54, 1.807) is 7.11 Å². The molecule has 0 atom stereocenters. The third-order valence-electron chi connectivity index (χ3n) is 7.30. The Morgan fingerprint density at radius 1 is 1.06 bits per heavy atom. The topological polar surface area (TPSA) is 119 Å². The second-order valence-electron chi connectivity index (χ2n) is 9.72. The molecule has 1 fully saturated rings. The number of carbonyl (C=O) groups excluding carboxylic acids is 1. The minimum Gasteiger partial charge on any atom is -0.384 e. The Bertz CT molecular complexity index is 1430. The molecular weight excluding hydrogens is 450 g/mol. The summed E-state index contributed by atoms with van der Waals surface area (Å²) in [7, 11) is 1.64. The van der Waals surface area contributed by atoms with Crippen molar-refractivity contribution in [2.45, 2.75) is 50.9 Å². The lowest BCUT2D eigenvalue weighted by Crippen LogP contribution is -2.41. The number of ether oxygens (including phenoxy) is 1. The van der Waals surface area contributed by atoms with Gasteiger partial charge < -0.3 is 26.1 Å². The lowest BCUT2D eigenvalue weighted by molar-refractivity contribution is 0.0912. The summed E-state index contributed by atoms with van der Waals surface area (Å²) >= 11 is 0. The van der Waals surface area contributed by atoms with Crippen molar-refractivity contribution in [1.82, 2.24) is 9.88 Å². The van der Waals surface area contributed by atoms with Crippen LogP contribution in [-0.2, 0) is 17.9 Å². The van der Waals surface area contributed by atoms with Crippen LogP contribution in [-0.4, -0.2) is 35.5 Å². The van der Waals surface area contributed by atoms with Crippen LogP contribution in [0.3, 0.4) is 0 Å². The molecule has 0 unspecified atom stereocenters. The van der Waals surface area contributed by atoms with Gasteiger partial charge in [-0.1, -0.05) is 54.6 Å². The Balaban J connectivity index is 1.66. The summed E-state index contributed by atoms with van der Waals surface area (Å²) in [6, 6.07) is 20.5. The third kappa shape index (κ3) is 4.59. The third-order valence-corrected chi connectivity index (χ3v) is 7.30. The van der Waals surface area contributed by atoms with Gasteiger partial charge in [-0.25, -0.2) is 0 Å². The molecular formula is C29H33N5O2. The summed E-state index contributed by atoms with van der Waals surface area (Å²) in [6.45, 7) is 0.804. The highest BCUT2D eigenvalue weighted by atomic mass is 16.5. The summed E-state index contributed by atoms with van der Waals surface area (Å²) in [4.78, 5) is 13.9. The van der Waals surface area contributed by atoms with Crippen molar-refractivity contribution in [3.05, 3.63) is 83.0 Å². The molecule has 1 amide bonds. The van der Waals surface area contributed by atoms with Gasteiger partial charge in [-0.15, -0.1) is 0 Å². The quantitative estimate of drug-likeness (QED) is 0.232. The zero-order chi connectivity index (χ0) is 25.2. The van der Waals surface area contributed by atoms with E-state index in [9.17, 15) is 4.79 Å². The number of benzene rings is 3. The van der Waals surface area contributed by atoms with Gasteiger partial charge >= 0.3 is 0 Å². The first-order valence-electron chi connectivity index (χ1n) is 12.5. The van der Waals surface area contributed by atoms with E-state index in [1.165, 1.54) is 0 Å². The van der Waals surface area contributed by atoms with Crippen molar-refractivity contribution in [3.8, 4) is 0 Å². The van der Waals surface area contributed by atoms with E-state index in [2.05, 4.69) is 34.1 Å². The number of nitrogens with zero attached hydrogens (tertiary/aromatic N) is 1. The van der Waals surface area contributed by atoms with E-state index in [0.717, 1.165) is 58.5 Å². The van der Waals surface area contributed by atoms with E-state index < -0.39 is 0 Å². The van der Waals surface area contributed by atoms with Gasteiger partial charge in [0.15, 0.2) is 0 Å². The maximum absolute atomic E-state index is 13.9. The first-order valence-corrected chi connectivity index (χ1v) is 12.5. The van der Waals surface area contributed by atoms with Gasteiger partial charge in [0.05, 0.1) is 12.1 Å². The predicted octanol–water partition coefficient (Wildman–Crippen LogP) is 4.27. The number of fused-ring (bicyclic) bond motifs is 2. The molecule has 36 heavy (non-hydrogen) atoms. The van der Waals surface area contributed by atoms with E-state index in [1.807, 2.05) is 36.4 Å². The van der Waals surface area contributed by atoms with Crippen molar-refractivity contribution in [2.24, 2.45) is 11.5 Å². The number of methoxy groups -OCH3 is 1. The van der Waals surface area contributed by atoms with Gasteiger partial charge in [0.25, 0.3) is 5.91 Å². The largest absolute Gasteiger partial charge is 0.384 e. The Kier molecular flexibility index (Phi) is 6.76. The number of carbonyl (C=O) groups is 1. The lowest BCUT2D eigenvalue weighted by atomic mass is 9.91. The molecule has 0 saturated heterocycles. The van der Waals surface area contributed by atoms with Crippen molar-refractivity contribution in [3.63, 3.8) is 0 Å². The Hall–Kier alpha value is -3.68. The fourth-order valence-electron chi connectivity index (χ4n) is 5.42. The molecule has 0 spiro atoms. The highest BCUT2D eigenvalue weighted by Crippen LogP contribution is 2.31. The summed E-state index contributed by atoms with van der Waals surface area (Å²) in [6.07, 6.45) is 3.59. The molecule has 6 N–H and O–H groups in total. The van der Waals surface area contributed by atoms with Gasteiger partial charge in [-0.05, 0) is 48.1 Å². The predicted molar refractivity (Wildman–Crippen MR) is 144 cm³/mol. The number of nitrogen functional groups attached to an aromatic ring is 1. The number of hydrogen-bond donors (Lipinski definition) is 4. The van der Waals surface area contributed by atoms with E-state index in [4.69, 9.17) is 21.6 Å². The van der Waals surface area contributed by atoms with Crippen LogP contribution in [0, 0.1) is 5.41 Å². The zero-order valence-corrected chi connectivity index (χ0v) is 20.6. The molecule has 7 heteroatoms. The number of hydrogen-bond acceptors (Lipinski definition) is 4. The van der Waals surface area contributed by atoms with E-state index in [0.29, 0.717) is 24.4 Å². The zero-order valence-electron chi connectivity index (χ0n) is 20.6. The normalized spacial score (nSPS) is 17.9. The van der Waals surface area contributed by atoms with Crippen molar-refractivity contribution < 1.29 is 9.53 Å². The molecule has 1 aliphatic carbocycles. The van der Waals surface area contributed by atoms with Crippen LogP contribution >= 0.6 is 0 Å². The molecule has 0 bridgehead atoms. The van der Waals surface area contributed by atoms with Crippen LogP contribution in [0.2, 0.25) is 0 Å². The van der Waals surface area contributed by atoms with Gasteiger partial charge in [0.2, 0.25) is 0 Å².